The van der Waals surface area contributed by atoms with Crippen LogP contribution in [0.4, 0.5) is 4.79 Å². The van der Waals surface area contributed by atoms with E-state index >= 15 is 0 Å². The van der Waals surface area contributed by atoms with Crippen molar-refractivity contribution in [2.24, 2.45) is 17.8 Å². The van der Waals surface area contributed by atoms with Gasteiger partial charge in [-0.15, -0.1) is 0 Å². The van der Waals surface area contributed by atoms with Crippen LogP contribution in [0, 0.1) is 17.8 Å². The number of nitrogens with one attached hydrogen (secondary N) is 3. The fourth-order valence-corrected chi connectivity index (χ4v) is 5.45. The molecule has 10 nitrogen and oxygen atoms in total. The second kappa shape index (κ2) is 11.1. The molecule has 1 saturated heterocycles. The fourth-order valence-electron chi connectivity index (χ4n) is 5.45. The summed E-state index contributed by atoms with van der Waals surface area (Å²) in [4.78, 5) is 67.0. The lowest BCUT2D eigenvalue weighted by Gasteiger charge is -2.30. The normalized spacial score (nSPS) is 33.0. The monoisotopic (exact) mass is 530 g/mol. The summed E-state index contributed by atoms with van der Waals surface area (Å²) >= 11 is 0. The Bertz CT molecular complexity index is 1000. The van der Waals surface area contributed by atoms with Gasteiger partial charge in [0.05, 0.1) is 0 Å². The van der Waals surface area contributed by atoms with Crippen LogP contribution in [-0.2, 0) is 23.9 Å². The van der Waals surface area contributed by atoms with Gasteiger partial charge in [0.25, 0.3) is 5.91 Å². The largest absolute Gasteiger partial charge is 0.444 e. The number of nitrogens with zero attached hydrogens (tertiary/aromatic N) is 1. The summed E-state index contributed by atoms with van der Waals surface area (Å²) in [7, 11) is 0. The second-order valence-electron chi connectivity index (χ2n) is 12.5. The maximum absolute atomic E-state index is 13.7. The van der Waals surface area contributed by atoms with Gasteiger partial charge in [0.2, 0.25) is 17.7 Å². The van der Waals surface area contributed by atoms with Gasteiger partial charge in [-0.1, -0.05) is 31.9 Å². The van der Waals surface area contributed by atoms with E-state index in [-0.39, 0.29) is 29.6 Å². The maximum Gasteiger partial charge on any atom is 0.408 e. The number of hydrogen-bond donors (Lipinski definition) is 3. The molecule has 2 aliphatic heterocycles. The molecule has 2 saturated carbocycles. The van der Waals surface area contributed by atoms with Gasteiger partial charge in [0, 0.05) is 18.4 Å². The third-order valence-electron chi connectivity index (χ3n) is 7.77. The van der Waals surface area contributed by atoms with Crippen molar-refractivity contribution in [2.45, 2.75) is 109 Å². The molecule has 2 aliphatic carbocycles. The molecule has 5 atom stereocenters. The Morgan fingerprint density at radius 3 is 2.53 bits per heavy atom. The molecule has 38 heavy (non-hydrogen) atoms. The number of allylic oxidation sites excluding steroid dienone is 1. The third kappa shape index (κ3) is 6.74. The number of ether oxygens (including phenoxy) is 1. The van der Waals surface area contributed by atoms with E-state index in [0.717, 1.165) is 38.5 Å². The van der Waals surface area contributed by atoms with Crippen molar-refractivity contribution in [2.75, 3.05) is 6.54 Å². The standard InChI is InChI=1S/C28H42N4O6/c1-17-14-21-23(34)31-28(25(36)30-22(33)18-12-13-18)15-19(28)10-8-6-5-7-9-11-20(24(35)32(21)16-17)29-26(37)38-27(2,3)4/h8,10,17-21H,5-7,9,11-16H2,1-4H3,(H,29,37)(H,31,34)(H,30,33,36)/b10-8-/t17-,19-,20+,21+,28-/m1/s1. The maximum atomic E-state index is 13.7. The second-order valence-corrected chi connectivity index (χ2v) is 12.5. The van der Waals surface area contributed by atoms with E-state index in [9.17, 15) is 24.0 Å². The molecule has 0 aromatic carbocycles. The Balaban J connectivity index is 1.55. The first-order valence-electron chi connectivity index (χ1n) is 14.0. The number of imide groups is 1. The number of rotatable bonds is 3. The lowest BCUT2D eigenvalue weighted by molar-refractivity contribution is -0.141. The van der Waals surface area contributed by atoms with Crippen molar-refractivity contribution in [1.29, 1.82) is 0 Å². The summed E-state index contributed by atoms with van der Waals surface area (Å²) in [6.45, 7) is 7.64. The molecule has 4 rings (SSSR count). The average Bonchev–Trinajstić information content (AvgIpc) is 3.73. The minimum Gasteiger partial charge on any atom is -0.444 e. The van der Waals surface area contributed by atoms with Crippen LogP contribution >= 0.6 is 0 Å². The molecule has 2 heterocycles. The number of fused-ring (bicyclic) bond motifs is 2. The Morgan fingerprint density at radius 2 is 1.84 bits per heavy atom. The summed E-state index contributed by atoms with van der Waals surface area (Å²) in [5.74, 6) is -1.73. The van der Waals surface area contributed by atoms with Crippen LogP contribution in [0.2, 0.25) is 0 Å². The van der Waals surface area contributed by atoms with Crippen LogP contribution < -0.4 is 16.0 Å². The molecule has 210 valence electrons. The van der Waals surface area contributed by atoms with Crippen LogP contribution in [0.25, 0.3) is 0 Å². The van der Waals surface area contributed by atoms with E-state index in [1.54, 1.807) is 20.8 Å². The highest BCUT2D eigenvalue weighted by molar-refractivity contribution is 6.05. The SMILES string of the molecule is C[C@@H]1C[C@H]2C(=O)N[C@]3(C(=O)NC(=O)C4CC4)C[C@H]3/C=C\CCCCC[C@H](NC(=O)OC(C)(C)C)C(=O)N2C1. The summed E-state index contributed by atoms with van der Waals surface area (Å²) in [5.41, 5.74) is -1.90. The smallest absolute Gasteiger partial charge is 0.408 e. The van der Waals surface area contributed by atoms with Crippen molar-refractivity contribution in [3.05, 3.63) is 12.2 Å². The molecular weight excluding hydrogens is 488 g/mol. The quantitative estimate of drug-likeness (QED) is 0.379. The molecule has 3 N–H and O–H groups in total. The van der Waals surface area contributed by atoms with Crippen molar-refractivity contribution < 1.29 is 28.7 Å². The average molecular weight is 531 g/mol. The molecule has 4 aliphatic rings. The zero-order chi connectivity index (χ0) is 27.7. The van der Waals surface area contributed by atoms with Crippen molar-refractivity contribution >= 4 is 29.7 Å². The number of carbonyl (C=O) groups excluding carboxylic acids is 5. The highest BCUT2D eigenvalue weighted by Gasteiger charge is 2.61. The lowest BCUT2D eigenvalue weighted by atomic mass is 10.0. The molecule has 3 fully saturated rings. The van der Waals surface area contributed by atoms with Crippen molar-refractivity contribution in [1.82, 2.24) is 20.9 Å². The Kier molecular flexibility index (Phi) is 8.18. The summed E-state index contributed by atoms with van der Waals surface area (Å²) < 4.78 is 5.40. The van der Waals surface area contributed by atoms with Gasteiger partial charge in [-0.3, -0.25) is 24.5 Å². The van der Waals surface area contributed by atoms with Crippen LogP contribution in [0.5, 0.6) is 0 Å². The highest BCUT2D eigenvalue weighted by atomic mass is 16.6. The van der Waals surface area contributed by atoms with Crippen LogP contribution in [0.1, 0.15) is 85.5 Å². The Hall–Kier alpha value is -2.91. The van der Waals surface area contributed by atoms with Crippen LogP contribution in [0.15, 0.2) is 12.2 Å². The highest BCUT2D eigenvalue weighted by Crippen LogP contribution is 2.46. The Morgan fingerprint density at radius 1 is 1.11 bits per heavy atom. The van der Waals surface area contributed by atoms with Gasteiger partial charge in [-0.2, -0.15) is 0 Å². The van der Waals surface area contributed by atoms with Gasteiger partial charge in [0.1, 0.15) is 23.2 Å². The molecule has 0 unspecified atom stereocenters. The van der Waals surface area contributed by atoms with E-state index < -0.39 is 41.1 Å². The Labute approximate surface area is 224 Å². The number of alkyl carbamates (subject to hydrolysis) is 1. The zero-order valence-electron chi connectivity index (χ0n) is 23.0. The van der Waals surface area contributed by atoms with Crippen LogP contribution in [0.3, 0.4) is 0 Å². The molecular formula is C28H42N4O6. The number of carbonyl (C=O) groups is 5. The lowest BCUT2D eigenvalue weighted by Crippen LogP contribution is -2.58. The van der Waals surface area contributed by atoms with E-state index in [2.05, 4.69) is 16.0 Å². The third-order valence-corrected chi connectivity index (χ3v) is 7.77. The van der Waals surface area contributed by atoms with Crippen molar-refractivity contribution in [3.63, 3.8) is 0 Å². The van der Waals surface area contributed by atoms with Gasteiger partial charge < -0.3 is 20.3 Å². The predicted octanol–water partition coefficient (Wildman–Crippen LogP) is 2.56. The van der Waals surface area contributed by atoms with Gasteiger partial charge in [0.15, 0.2) is 0 Å². The van der Waals surface area contributed by atoms with Gasteiger partial charge in [-0.25, -0.2) is 4.79 Å². The topological polar surface area (TPSA) is 134 Å². The predicted molar refractivity (Wildman–Crippen MR) is 140 cm³/mol. The zero-order valence-corrected chi connectivity index (χ0v) is 23.0. The molecule has 0 aromatic heterocycles. The fraction of sp³-hybridized carbons (Fsp3) is 0.750. The minimum atomic E-state index is -1.19. The van der Waals surface area contributed by atoms with E-state index in [1.807, 2.05) is 19.1 Å². The molecule has 0 spiro atoms. The molecule has 10 heteroatoms. The first kappa shape index (κ1) is 28.1. The van der Waals surface area contributed by atoms with Crippen molar-refractivity contribution in [3.8, 4) is 0 Å². The minimum absolute atomic E-state index is 0.0758. The van der Waals surface area contributed by atoms with E-state index in [1.165, 1.54) is 4.90 Å². The number of hydrogen-bond acceptors (Lipinski definition) is 6. The van der Waals surface area contributed by atoms with E-state index in [0.29, 0.717) is 25.8 Å². The van der Waals surface area contributed by atoms with Gasteiger partial charge >= 0.3 is 6.09 Å². The molecule has 0 bridgehead atoms. The van der Waals surface area contributed by atoms with Gasteiger partial charge in [-0.05, 0) is 71.6 Å². The summed E-state index contributed by atoms with van der Waals surface area (Å²) in [6, 6.07) is -1.58. The molecule has 0 radical (unpaired) electrons. The molecule has 5 amide bonds. The van der Waals surface area contributed by atoms with Crippen LogP contribution in [-0.4, -0.2) is 64.4 Å². The first-order chi connectivity index (χ1) is 17.9. The first-order valence-corrected chi connectivity index (χ1v) is 14.0. The molecule has 0 aromatic rings. The van der Waals surface area contributed by atoms with E-state index in [4.69, 9.17) is 4.74 Å². The number of amides is 5. The summed E-state index contributed by atoms with van der Waals surface area (Å²) in [6.07, 6.45) is 9.49. The summed E-state index contributed by atoms with van der Waals surface area (Å²) in [5, 5.41) is 8.20.